The zero-order chi connectivity index (χ0) is 20.8. The van der Waals surface area contributed by atoms with Crippen LogP contribution in [0.4, 0.5) is 24.5 Å². The normalized spacial score (nSPS) is 17.1. The van der Waals surface area contributed by atoms with Gasteiger partial charge in [0.05, 0.1) is 22.5 Å². The number of hydrogen-bond acceptors (Lipinski definition) is 3. The zero-order valence-electron chi connectivity index (χ0n) is 14.8. The number of rotatable bonds is 3. The summed E-state index contributed by atoms with van der Waals surface area (Å²) in [5.74, 6) is -1.56. The van der Waals surface area contributed by atoms with E-state index in [2.05, 4.69) is 15.3 Å². The summed E-state index contributed by atoms with van der Waals surface area (Å²) in [5, 5.41) is 2.68. The number of carbonyl (C=O) groups is 2. The van der Waals surface area contributed by atoms with Crippen molar-refractivity contribution < 1.29 is 22.8 Å². The molecule has 1 atom stereocenters. The first-order valence-electron chi connectivity index (χ1n) is 8.71. The second-order valence-corrected chi connectivity index (χ2v) is 6.78. The van der Waals surface area contributed by atoms with Crippen LogP contribution in [-0.4, -0.2) is 28.3 Å². The highest BCUT2D eigenvalue weighted by atomic mass is 19.4. The number of fused-ring (bicyclic) bond motifs is 1. The van der Waals surface area contributed by atoms with Crippen LogP contribution in [0, 0.1) is 5.92 Å². The highest BCUT2D eigenvalue weighted by Crippen LogP contribution is 2.33. The van der Waals surface area contributed by atoms with Crippen molar-refractivity contribution in [3.05, 3.63) is 58.5 Å². The Bertz CT molecular complexity index is 1170. The third-order valence-electron chi connectivity index (χ3n) is 4.76. The minimum atomic E-state index is -4.52. The largest absolute Gasteiger partial charge is 0.416 e. The summed E-state index contributed by atoms with van der Waals surface area (Å²) >= 11 is 0. The Hall–Kier alpha value is -3.56. The Balaban J connectivity index is 1.49. The van der Waals surface area contributed by atoms with Crippen LogP contribution < -0.4 is 15.9 Å². The molecule has 2 heterocycles. The van der Waals surface area contributed by atoms with E-state index in [1.807, 2.05) is 0 Å². The fraction of sp³-hybridized carbons (Fsp3) is 0.211. The summed E-state index contributed by atoms with van der Waals surface area (Å²) in [4.78, 5) is 42.5. The van der Waals surface area contributed by atoms with Gasteiger partial charge in [0.1, 0.15) is 0 Å². The van der Waals surface area contributed by atoms with E-state index in [-0.39, 0.29) is 24.3 Å². The van der Waals surface area contributed by atoms with E-state index < -0.39 is 29.5 Å². The molecule has 3 aromatic rings. The van der Waals surface area contributed by atoms with Crippen LogP contribution in [0.1, 0.15) is 12.0 Å². The lowest BCUT2D eigenvalue weighted by molar-refractivity contribution is -0.137. The van der Waals surface area contributed by atoms with Gasteiger partial charge < -0.3 is 20.2 Å². The quantitative estimate of drug-likeness (QED) is 0.626. The summed E-state index contributed by atoms with van der Waals surface area (Å²) < 4.78 is 38.8. The number of nitrogens with zero attached hydrogens (tertiary/aromatic N) is 1. The van der Waals surface area contributed by atoms with Gasteiger partial charge in [-0.3, -0.25) is 9.59 Å². The third kappa shape index (κ3) is 3.73. The number of H-pyrrole nitrogens is 2. The van der Waals surface area contributed by atoms with E-state index in [0.717, 1.165) is 12.1 Å². The molecule has 0 aliphatic carbocycles. The molecule has 10 heteroatoms. The molecule has 0 radical (unpaired) electrons. The minimum absolute atomic E-state index is 0.0186. The predicted molar refractivity (Wildman–Crippen MR) is 99.5 cm³/mol. The van der Waals surface area contributed by atoms with Crippen molar-refractivity contribution >= 4 is 34.2 Å². The Morgan fingerprint density at radius 2 is 1.83 bits per heavy atom. The van der Waals surface area contributed by atoms with E-state index in [0.29, 0.717) is 16.7 Å². The van der Waals surface area contributed by atoms with Crippen molar-refractivity contribution in [3.63, 3.8) is 0 Å². The zero-order valence-corrected chi connectivity index (χ0v) is 14.8. The van der Waals surface area contributed by atoms with E-state index >= 15 is 0 Å². The second-order valence-electron chi connectivity index (χ2n) is 6.78. The molecule has 3 N–H and O–H groups in total. The van der Waals surface area contributed by atoms with Gasteiger partial charge in [-0.2, -0.15) is 13.2 Å². The topological polar surface area (TPSA) is 98.1 Å². The molecule has 4 rings (SSSR count). The van der Waals surface area contributed by atoms with Crippen LogP contribution in [0.5, 0.6) is 0 Å². The van der Waals surface area contributed by atoms with Crippen molar-refractivity contribution in [2.45, 2.75) is 12.6 Å². The van der Waals surface area contributed by atoms with Gasteiger partial charge in [0.2, 0.25) is 11.8 Å². The maximum atomic E-state index is 12.9. The molecule has 2 aromatic carbocycles. The number of aromatic nitrogens is 2. The molecular weight excluding hydrogens is 389 g/mol. The third-order valence-corrected chi connectivity index (χ3v) is 4.76. The number of halogens is 3. The Labute approximate surface area is 161 Å². The van der Waals surface area contributed by atoms with Crippen LogP contribution in [0.3, 0.4) is 0 Å². The standard InChI is InChI=1S/C19H15F3N4O3/c20-19(21,22)11-2-1-3-13(7-11)26-9-10(6-16(26)27)17(28)23-12-4-5-14-15(8-12)25-18(29)24-14/h1-5,7-8,10H,6,9H2,(H,23,28)(H2,24,25,29). The van der Waals surface area contributed by atoms with Gasteiger partial charge in [0.25, 0.3) is 0 Å². The van der Waals surface area contributed by atoms with Gasteiger partial charge in [-0.25, -0.2) is 4.79 Å². The number of imidazole rings is 1. The number of aromatic amines is 2. The van der Waals surface area contributed by atoms with Crippen LogP contribution >= 0.6 is 0 Å². The minimum Gasteiger partial charge on any atom is -0.326 e. The molecule has 1 fully saturated rings. The molecule has 1 aliphatic heterocycles. The van der Waals surface area contributed by atoms with Gasteiger partial charge in [0, 0.05) is 24.3 Å². The molecule has 2 amide bonds. The molecule has 0 bridgehead atoms. The molecule has 7 nitrogen and oxygen atoms in total. The molecule has 0 spiro atoms. The number of hydrogen-bond donors (Lipinski definition) is 3. The van der Waals surface area contributed by atoms with Crippen LogP contribution in [-0.2, 0) is 15.8 Å². The molecular formula is C19H15F3N4O3. The van der Waals surface area contributed by atoms with E-state index in [1.165, 1.54) is 17.0 Å². The molecule has 0 saturated carbocycles. The number of carbonyl (C=O) groups excluding carboxylic acids is 2. The number of benzene rings is 2. The smallest absolute Gasteiger partial charge is 0.326 e. The average molecular weight is 404 g/mol. The SMILES string of the molecule is O=C(Nc1ccc2[nH]c(=O)[nH]c2c1)C1CC(=O)N(c2cccc(C(F)(F)F)c2)C1. The van der Waals surface area contributed by atoms with Crippen molar-refractivity contribution in [1.29, 1.82) is 0 Å². The Morgan fingerprint density at radius 1 is 1.07 bits per heavy atom. The van der Waals surface area contributed by atoms with Crippen molar-refractivity contribution in [1.82, 2.24) is 9.97 Å². The van der Waals surface area contributed by atoms with Gasteiger partial charge in [-0.1, -0.05) is 6.07 Å². The first kappa shape index (κ1) is 18.8. The molecule has 1 aliphatic rings. The highest BCUT2D eigenvalue weighted by Gasteiger charge is 2.37. The molecule has 150 valence electrons. The summed E-state index contributed by atoms with van der Waals surface area (Å²) in [7, 11) is 0. The first-order chi connectivity index (χ1) is 13.7. The van der Waals surface area contributed by atoms with Crippen LogP contribution in [0.2, 0.25) is 0 Å². The average Bonchev–Trinajstić information content (AvgIpc) is 3.22. The van der Waals surface area contributed by atoms with Crippen LogP contribution in [0.25, 0.3) is 11.0 Å². The molecule has 1 saturated heterocycles. The molecule has 1 unspecified atom stereocenters. The first-order valence-corrected chi connectivity index (χ1v) is 8.71. The predicted octanol–water partition coefficient (Wildman–Crippen LogP) is 2.87. The Morgan fingerprint density at radius 3 is 2.59 bits per heavy atom. The van der Waals surface area contributed by atoms with Gasteiger partial charge in [-0.05, 0) is 36.4 Å². The summed E-state index contributed by atoms with van der Waals surface area (Å²) in [6, 6.07) is 9.26. The summed E-state index contributed by atoms with van der Waals surface area (Å²) in [6.07, 6.45) is -4.63. The monoisotopic (exact) mass is 404 g/mol. The van der Waals surface area contributed by atoms with Gasteiger partial charge in [-0.15, -0.1) is 0 Å². The van der Waals surface area contributed by atoms with E-state index in [1.54, 1.807) is 18.2 Å². The lowest BCUT2D eigenvalue weighted by Crippen LogP contribution is -2.28. The number of amides is 2. The van der Waals surface area contributed by atoms with E-state index in [9.17, 15) is 27.6 Å². The lowest BCUT2D eigenvalue weighted by Gasteiger charge is -2.18. The van der Waals surface area contributed by atoms with Crippen molar-refractivity contribution in [3.8, 4) is 0 Å². The second kappa shape index (κ2) is 6.80. The number of anilines is 2. The van der Waals surface area contributed by atoms with Crippen molar-refractivity contribution in [2.75, 3.05) is 16.8 Å². The van der Waals surface area contributed by atoms with Gasteiger partial charge in [0.15, 0.2) is 0 Å². The summed E-state index contributed by atoms with van der Waals surface area (Å²) in [5.41, 5.74) is 0.404. The number of alkyl halides is 3. The molecule has 29 heavy (non-hydrogen) atoms. The Kier molecular flexibility index (Phi) is 4.40. The van der Waals surface area contributed by atoms with Gasteiger partial charge >= 0.3 is 11.9 Å². The van der Waals surface area contributed by atoms with Crippen molar-refractivity contribution in [2.24, 2.45) is 5.92 Å². The maximum Gasteiger partial charge on any atom is 0.416 e. The number of nitrogens with one attached hydrogen (secondary N) is 3. The fourth-order valence-corrected chi connectivity index (χ4v) is 3.34. The fourth-order valence-electron chi connectivity index (χ4n) is 3.34. The van der Waals surface area contributed by atoms with E-state index in [4.69, 9.17) is 0 Å². The van der Waals surface area contributed by atoms with Crippen LogP contribution in [0.15, 0.2) is 47.3 Å². The lowest BCUT2D eigenvalue weighted by atomic mass is 10.1. The summed E-state index contributed by atoms with van der Waals surface area (Å²) in [6.45, 7) is -0.0186. The molecule has 1 aromatic heterocycles. The maximum absolute atomic E-state index is 12.9. The highest BCUT2D eigenvalue weighted by molar-refractivity contribution is 6.04.